The van der Waals surface area contributed by atoms with E-state index in [1.807, 2.05) is 0 Å². The number of unbranched alkanes of at least 4 members (excludes halogenated alkanes) is 2. The Morgan fingerprint density at radius 2 is 1.85 bits per heavy atom. The SMILES string of the molecule is CCCCCOc1ccc(CNCC2(CC)CC2)cc1. The maximum atomic E-state index is 5.73. The Morgan fingerprint density at radius 3 is 2.45 bits per heavy atom. The Bertz CT molecular complexity index is 381. The number of benzene rings is 1. The Kier molecular flexibility index (Phi) is 5.90. The van der Waals surface area contributed by atoms with Crippen LogP contribution in [0.5, 0.6) is 5.75 Å². The summed E-state index contributed by atoms with van der Waals surface area (Å²) in [6, 6.07) is 8.53. The first kappa shape index (κ1) is 15.4. The van der Waals surface area contributed by atoms with E-state index in [2.05, 4.69) is 43.4 Å². The second kappa shape index (κ2) is 7.68. The first-order valence-electron chi connectivity index (χ1n) is 8.20. The molecular weight excluding hydrogens is 246 g/mol. The van der Waals surface area contributed by atoms with Crippen LogP contribution >= 0.6 is 0 Å². The standard InChI is InChI=1S/C18H29NO/c1-3-5-6-13-20-17-9-7-16(8-10-17)14-19-15-18(4-2)11-12-18/h7-10,19H,3-6,11-15H2,1-2H3. The van der Waals surface area contributed by atoms with E-state index in [9.17, 15) is 0 Å². The van der Waals surface area contributed by atoms with Crippen molar-refractivity contribution in [1.29, 1.82) is 0 Å². The Balaban J connectivity index is 1.66. The molecule has 1 aliphatic carbocycles. The highest BCUT2D eigenvalue weighted by Gasteiger charge is 2.39. The lowest BCUT2D eigenvalue weighted by Gasteiger charge is -2.13. The molecule has 1 aromatic rings. The van der Waals surface area contributed by atoms with Crippen molar-refractivity contribution >= 4 is 0 Å². The molecule has 0 aliphatic heterocycles. The molecule has 1 saturated carbocycles. The Labute approximate surface area is 123 Å². The lowest BCUT2D eigenvalue weighted by molar-refractivity contribution is 0.306. The molecule has 2 rings (SSSR count). The Morgan fingerprint density at radius 1 is 1.10 bits per heavy atom. The van der Waals surface area contributed by atoms with Crippen LogP contribution in [-0.2, 0) is 6.54 Å². The van der Waals surface area contributed by atoms with Crippen LogP contribution in [0.4, 0.5) is 0 Å². The molecule has 1 N–H and O–H groups in total. The van der Waals surface area contributed by atoms with E-state index in [-0.39, 0.29) is 0 Å². The van der Waals surface area contributed by atoms with Gasteiger partial charge < -0.3 is 10.1 Å². The van der Waals surface area contributed by atoms with Gasteiger partial charge in [0.15, 0.2) is 0 Å². The highest BCUT2D eigenvalue weighted by molar-refractivity contribution is 5.27. The van der Waals surface area contributed by atoms with Gasteiger partial charge in [0.05, 0.1) is 6.61 Å². The zero-order chi connectivity index (χ0) is 14.3. The van der Waals surface area contributed by atoms with Gasteiger partial charge in [-0.2, -0.15) is 0 Å². The number of hydrogen-bond donors (Lipinski definition) is 1. The van der Waals surface area contributed by atoms with Gasteiger partial charge in [-0.3, -0.25) is 0 Å². The van der Waals surface area contributed by atoms with Gasteiger partial charge in [0.1, 0.15) is 5.75 Å². The molecule has 0 saturated heterocycles. The van der Waals surface area contributed by atoms with Crippen LogP contribution in [0.25, 0.3) is 0 Å². The van der Waals surface area contributed by atoms with E-state index >= 15 is 0 Å². The summed E-state index contributed by atoms with van der Waals surface area (Å²) in [6.07, 6.45) is 7.76. The van der Waals surface area contributed by atoms with Crippen LogP contribution < -0.4 is 10.1 Å². The molecule has 2 heteroatoms. The fourth-order valence-electron chi connectivity index (χ4n) is 2.55. The van der Waals surface area contributed by atoms with E-state index in [4.69, 9.17) is 4.74 Å². The molecule has 0 spiro atoms. The number of hydrogen-bond acceptors (Lipinski definition) is 2. The lowest BCUT2D eigenvalue weighted by Crippen LogP contribution is -2.23. The minimum Gasteiger partial charge on any atom is -0.494 e. The summed E-state index contributed by atoms with van der Waals surface area (Å²) in [6.45, 7) is 7.49. The predicted octanol–water partition coefficient (Wildman–Crippen LogP) is 4.54. The largest absolute Gasteiger partial charge is 0.494 e. The summed E-state index contributed by atoms with van der Waals surface area (Å²) in [5.74, 6) is 0.997. The van der Waals surface area contributed by atoms with E-state index in [0.29, 0.717) is 5.41 Å². The highest BCUT2D eigenvalue weighted by atomic mass is 16.5. The van der Waals surface area contributed by atoms with Gasteiger partial charge >= 0.3 is 0 Å². The van der Waals surface area contributed by atoms with Gasteiger partial charge in [0.2, 0.25) is 0 Å². The molecule has 1 aromatic carbocycles. The van der Waals surface area contributed by atoms with Crippen molar-refractivity contribution in [3.8, 4) is 5.75 Å². The molecular formula is C18H29NO. The highest BCUT2D eigenvalue weighted by Crippen LogP contribution is 2.47. The van der Waals surface area contributed by atoms with Crippen molar-refractivity contribution in [3.63, 3.8) is 0 Å². The third-order valence-electron chi connectivity index (χ3n) is 4.48. The van der Waals surface area contributed by atoms with Crippen molar-refractivity contribution in [2.45, 2.75) is 58.9 Å². The van der Waals surface area contributed by atoms with Gasteiger partial charge in [-0.25, -0.2) is 0 Å². The summed E-state index contributed by atoms with van der Waals surface area (Å²) in [5, 5.41) is 3.59. The molecule has 1 fully saturated rings. The van der Waals surface area contributed by atoms with Crippen molar-refractivity contribution in [3.05, 3.63) is 29.8 Å². The van der Waals surface area contributed by atoms with Crippen molar-refractivity contribution in [1.82, 2.24) is 5.32 Å². The van der Waals surface area contributed by atoms with Gasteiger partial charge in [0, 0.05) is 13.1 Å². The van der Waals surface area contributed by atoms with Crippen molar-refractivity contribution < 1.29 is 4.74 Å². The first-order valence-corrected chi connectivity index (χ1v) is 8.20. The molecule has 0 atom stereocenters. The topological polar surface area (TPSA) is 21.3 Å². The van der Waals surface area contributed by atoms with E-state index in [1.54, 1.807) is 0 Å². The van der Waals surface area contributed by atoms with E-state index in [0.717, 1.165) is 25.3 Å². The third kappa shape index (κ3) is 4.82. The molecule has 0 unspecified atom stereocenters. The van der Waals surface area contributed by atoms with Crippen LogP contribution in [0, 0.1) is 5.41 Å². The summed E-state index contributed by atoms with van der Waals surface area (Å²) < 4.78 is 5.73. The van der Waals surface area contributed by atoms with Gasteiger partial charge in [-0.15, -0.1) is 0 Å². The summed E-state index contributed by atoms with van der Waals surface area (Å²) in [5.41, 5.74) is 1.97. The monoisotopic (exact) mass is 275 g/mol. The third-order valence-corrected chi connectivity index (χ3v) is 4.48. The van der Waals surface area contributed by atoms with Gasteiger partial charge in [0.25, 0.3) is 0 Å². The molecule has 20 heavy (non-hydrogen) atoms. The van der Waals surface area contributed by atoms with Crippen molar-refractivity contribution in [2.75, 3.05) is 13.2 Å². The maximum absolute atomic E-state index is 5.73. The maximum Gasteiger partial charge on any atom is 0.119 e. The van der Waals surface area contributed by atoms with Crippen LogP contribution in [-0.4, -0.2) is 13.2 Å². The quantitative estimate of drug-likeness (QED) is 0.633. The molecule has 0 aromatic heterocycles. The van der Waals surface area contributed by atoms with E-state index < -0.39 is 0 Å². The minimum absolute atomic E-state index is 0.627. The van der Waals surface area contributed by atoms with E-state index in [1.165, 1.54) is 44.2 Å². The predicted molar refractivity (Wildman–Crippen MR) is 85.1 cm³/mol. The second-order valence-corrected chi connectivity index (χ2v) is 6.16. The lowest BCUT2D eigenvalue weighted by atomic mass is 10.0. The number of nitrogens with one attached hydrogen (secondary N) is 1. The molecule has 2 nitrogen and oxygen atoms in total. The van der Waals surface area contributed by atoms with Crippen LogP contribution in [0.2, 0.25) is 0 Å². The Hall–Kier alpha value is -1.02. The number of rotatable bonds is 10. The average Bonchev–Trinajstić information content (AvgIpc) is 3.26. The van der Waals surface area contributed by atoms with Crippen LogP contribution in [0.15, 0.2) is 24.3 Å². The summed E-state index contributed by atoms with van der Waals surface area (Å²) in [7, 11) is 0. The first-order chi connectivity index (χ1) is 9.78. The molecule has 1 aliphatic rings. The summed E-state index contributed by atoms with van der Waals surface area (Å²) >= 11 is 0. The normalized spacial score (nSPS) is 16.1. The van der Waals surface area contributed by atoms with Gasteiger partial charge in [-0.05, 0) is 48.8 Å². The zero-order valence-electron chi connectivity index (χ0n) is 13.1. The fourth-order valence-corrected chi connectivity index (χ4v) is 2.55. The smallest absolute Gasteiger partial charge is 0.119 e. The zero-order valence-corrected chi connectivity index (χ0v) is 13.1. The number of ether oxygens (including phenoxy) is 1. The molecule has 0 radical (unpaired) electrons. The molecule has 112 valence electrons. The van der Waals surface area contributed by atoms with Crippen molar-refractivity contribution in [2.24, 2.45) is 5.41 Å². The molecule has 0 amide bonds. The van der Waals surface area contributed by atoms with Crippen LogP contribution in [0.1, 0.15) is 57.9 Å². The minimum atomic E-state index is 0.627. The van der Waals surface area contributed by atoms with Gasteiger partial charge in [-0.1, -0.05) is 38.8 Å². The average molecular weight is 275 g/mol. The van der Waals surface area contributed by atoms with Crippen LogP contribution in [0.3, 0.4) is 0 Å². The molecule has 0 heterocycles. The second-order valence-electron chi connectivity index (χ2n) is 6.16. The fraction of sp³-hybridized carbons (Fsp3) is 0.667. The molecule has 0 bridgehead atoms. The summed E-state index contributed by atoms with van der Waals surface area (Å²) in [4.78, 5) is 0.